The van der Waals surface area contributed by atoms with Crippen LogP contribution in [-0.4, -0.2) is 103 Å². The number of hydrogen-bond acceptors (Lipinski definition) is 11. The second-order valence-corrected chi connectivity index (χ2v) is 9.63. The SMILES string of the molecule is Cn1nc(CO[C@H]2O[C@@H](C(=O)O)[C@H](O)[C@@H](O)[C@@H]2O)nc1NCCCOc1cccc(CN2CCCCC2)c1. The molecule has 0 spiro atoms. The van der Waals surface area contributed by atoms with Gasteiger partial charge in [0.15, 0.2) is 18.2 Å². The second-order valence-electron chi connectivity index (χ2n) is 9.63. The smallest absolute Gasteiger partial charge is 0.335 e. The molecule has 0 radical (unpaired) electrons. The Hall–Kier alpha value is -2.81. The zero-order valence-corrected chi connectivity index (χ0v) is 21.5. The van der Waals surface area contributed by atoms with E-state index in [4.69, 9.17) is 19.3 Å². The number of aliphatic carboxylic acids is 1. The van der Waals surface area contributed by atoms with Gasteiger partial charge in [0.1, 0.15) is 30.7 Å². The van der Waals surface area contributed by atoms with Crippen LogP contribution in [0.3, 0.4) is 0 Å². The van der Waals surface area contributed by atoms with Crippen molar-refractivity contribution in [2.45, 2.75) is 69.5 Å². The first kappa shape index (κ1) is 28.2. The predicted octanol–water partition coefficient (Wildman–Crippen LogP) is 0.0908. The number of carbonyl (C=O) groups is 1. The largest absolute Gasteiger partial charge is 0.494 e. The zero-order chi connectivity index (χ0) is 27.1. The van der Waals surface area contributed by atoms with E-state index in [1.165, 1.54) is 29.5 Å². The summed E-state index contributed by atoms with van der Waals surface area (Å²) < 4.78 is 18.0. The van der Waals surface area contributed by atoms with Gasteiger partial charge < -0.3 is 40.0 Å². The number of nitrogens with one attached hydrogen (secondary N) is 1. The number of aliphatic hydroxyl groups is 3. The Morgan fingerprint density at radius 1 is 1.16 bits per heavy atom. The minimum atomic E-state index is -1.78. The summed E-state index contributed by atoms with van der Waals surface area (Å²) in [5.41, 5.74) is 1.26. The molecule has 0 bridgehead atoms. The minimum absolute atomic E-state index is 0.205. The van der Waals surface area contributed by atoms with Gasteiger partial charge in [-0.15, -0.1) is 0 Å². The molecule has 2 aliphatic rings. The van der Waals surface area contributed by atoms with Crippen LogP contribution in [0.25, 0.3) is 0 Å². The van der Waals surface area contributed by atoms with E-state index >= 15 is 0 Å². The van der Waals surface area contributed by atoms with Crippen molar-refractivity contribution in [3.05, 3.63) is 35.7 Å². The van der Waals surface area contributed by atoms with Crippen LogP contribution in [0.1, 0.15) is 37.1 Å². The van der Waals surface area contributed by atoms with E-state index in [1.54, 1.807) is 7.05 Å². The molecule has 0 amide bonds. The molecule has 2 aromatic rings. The van der Waals surface area contributed by atoms with Crippen molar-refractivity contribution in [3.63, 3.8) is 0 Å². The van der Waals surface area contributed by atoms with Crippen molar-refractivity contribution in [1.29, 1.82) is 0 Å². The van der Waals surface area contributed by atoms with Crippen LogP contribution in [0.15, 0.2) is 24.3 Å². The molecule has 5 N–H and O–H groups in total. The van der Waals surface area contributed by atoms with Gasteiger partial charge in [0.05, 0.1) is 6.61 Å². The fourth-order valence-corrected chi connectivity index (χ4v) is 4.57. The number of anilines is 1. The Morgan fingerprint density at radius 2 is 1.95 bits per heavy atom. The number of benzene rings is 1. The van der Waals surface area contributed by atoms with Gasteiger partial charge in [-0.3, -0.25) is 4.90 Å². The topological polar surface area (TPSA) is 172 Å². The maximum Gasteiger partial charge on any atom is 0.335 e. The molecular formula is C25H37N5O8. The first-order valence-corrected chi connectivity index (χ1v) is 12.9. The number of ether oxygens (including phenoxy) is 3. The van der Waals surface area contributed by atoms with Gasteiger partial charge in [0.25, 0.3) is 0 Å². The average molecular weight is 536 g/mol. The highest BCUT2D eigenvalue weighted by Gasteiger charge is 2.47. The number of carboxylic acid groups (broad SMARTS) is 1. The molecule has 13 heteroatoms. The number of carboxylic acids is 1. The van der Waals surface area contributed by atoms with Gasteiger partial charge in [-0.2, -0.15) is 10.1 Å². The number of hydrogen-bond donors (Lipinski definition) is 5. The molecule has 4 rings (SSSR count). The van der Waals surface area contributed by atoms with E-state index in [-0.39, 0.29) is 12.4 Å². The van der Waals surface area contributed by atoms with Crippen LogP contribution in [0.5, 0.6) is 5.75 Å². The first-order valence-electron chi connectivity index (χ1n) is 12.9. The van der Waals surface area contributed by atoms with Crippen LogP contribution in [0.4, 0.5) is 5.95 Å². The van der Waals surface area contributed by atoms with Crippen molar-refractivity contribution < 1.29 is 39.4 Å². The summed E-state index contributed by atoms with van der Waals surface area (Å²) in [6.45, 7) is 4.18. The molecule has 1 aromatic carbocycles. The highest BCUT2D eigenvalue weighted by Crippen LogP contribution is 2.23. The number of aliphatic hydroxyl groups excluding tert-OH is 3. The Kier molecular flexibility index (Phi) is 9.88. The number of likely N-dealkylation sites (tertiary alicyclic amines) is 1. The summed E-state index contributed by atoms with van der Waals surface area (Å²) in [7, 11) is 1.70. The van der Waals surface area contributed by atoms with Crippen LogP contribution < -0.4 is 10.1 Å². The van der Waals surface area contributed by atoms with Crippen molar-refractivity contribution in [1.82, 2.24) is 19.7 Å². The van der Waals surface area contributed by atoms with Gasteiger partial charge in [0, 0.05) is 20.1 Å². The summed E-state index contributed by atoms with van der Waals surface area (Å²) in [4.78, 5) is 18.0. The quantitative estimate of drug-likeness (QED) is 0.232. The normalized spacial score (nSPS) is 26.3. The summed E-state index contributed by atoms with van der Waals surface area (Å²) in [5.74, 6) is 0.136. The lowest BCUT2D eigenvalue weighted by Crippen LogP contribution is -2.60. The zero-order valence-electron chi connectivity index (χ0n) is 21.5. The van der Waals surface area contributed by atoms with Gasteiger partial charge in [0.2, 0.25) is 5.95 Å². The van der Waals surface area contributed by atoms with Gasteiger partial charge in [-0.1, -0.05) is 18.6 Å². The Labute approximate surface area is 220 Å². The molecule has 210 valence electrons. The van der Waals surface area contributed by atoms with Crippen molar-refractivity contribution in [2.75, 3.05) is 31.6 Å². The first-order chi connectivity index (χ1) is 18.3. The minimum Gasteiger partial charge on any atom is -0.494 e. The van der Waals surface area contributed by atoms with Crippen LogP contribution in [0.2, 0.25) is 0 Å². The van der Waals surface area contributed by atoms with Crippen molar-refractivity contribution in [2.24, 2.45) is 7.05 Å². The lowest BCUT2D eigenvalue weighted by atomic mass is 9.99. The molecule has 0 unspecified atom stereocenters. The Bertz CT molecular complexity index is 1050. The molecule has 3 heterocycles. The molecule has 38 heavy (non-hydrogen) atoms. The van der Waals surface area contributed by atoms with E-state index < -0.39 is 36.7 Å². The van der Waals surface area contributed by atoms with Crippen LogP contribution >= 0.6 is 0 Å². The molecule has 0 aliphatic carbocycles. The summed E-state index contributed by atoms with van der Waals surface area (Å²) in [5, 5.41) is 46.3. The number of aryl methyl sites for hydroxylation is 1. The fraction of sp³-hybridized carbons (Fsp3) is 0.640. The number of nitrogens with zero attached hydrogens (tertiary/aromatic N) is 4. The van der Waals surface area contributed by atoms with Crippen molar-refractivity contribution in [3.8, 4) is 5.75 Å². The summed E-state index contributed by atoms with van der Waals surface area (Å²) in [6, 6.07) is 8.23. The summed E-state index contributed by atoms with van der Waals surface area (Å²) >= 11 is 0. The standard InChI is InChI=1S/C25H37N5O8/c1-29-25(27-18(28-29)15-37-24-21(33)19(31)20(32)22(38-24)23(34)35)26-9-6-12-36-17-8-5-7-16(13-17)14-30-10-3-2-4-11-30/h5,7-8,13,19-22,24,31-33H,2-4,6,9-12,14-15H2,1H3,(H,34,35)(H,26,27,28)/t19-,20-,21+,22-,24+/m1/s1. The molecular weight excluding hydrogens is 498 g/mol. The highest BCUT2D eigenvalue weighted by atomic mass is 16.7. The van der Waals surface area contributed by atoms with Gasteiger partial charge >= 0.3 is 5.97 Å². The molecule has 2 aliphatic heterocycles. The van der Waals surface area contributed by atoms with E-state index in [0.29, 0.717) is 19.1 Å². The fourth-order valence-electron chi connectivity index (χ4n) is 4.57. The molecule has 13 nitrogen and oxygen atoms in total. The average Bonchev–Trinajstić information content (AvgIpc) is 3.26. The third-order valence-electron chi connectivity index (χ3n) is 6.62. The third-order valence-corrected chi connectivity index (χ3v) is 6.62. The monoisotopic (exact) mass is 535 g/mol. The number of aromatic nitrogens is 3. The lowest BCUT2D eigenvalue weighted by Gasteiger charge is -2.38. The molecule has 0 saturated carbocycles. The van der Waals surface area contributed by atoms with E-state index in [9.17, 15) is 20.1 Å². The Morgan fingerprint density at radius 3 is 2.71 bits per heavy atom. The van der Waals surface area contributed by atoms with Gasteiger partial charge in [-0.05, 0) is 50.0 Å². The maximum absolute atomic E-state index is 11.2. The van der Waals surface area contributed by atoms with Crippen LogP contribution in [-0.2, 0) is 34.5 Å². The van der Waals surface area contributed by atoms with Crippen molar-refractivity contribution >= 4 is 11.9 Å². The molecule has 5 atom stereocenters. The Balaban J connectivity index is 1.18. The third kappa shape index (κ3) is 7.40. The molecule has 1 aromatic heterocycles. The summed E-state index contributed by atoms with van der Waals surface area (Å²) in [6.07, 6.45) is -3.75. The van der Waals surface area contributed by atoms with E-state index in [2.05, 4.69) is 32.4 Å². The number of rotatable bonds is 12. The molecule has 2 saturated heterocycles. The van der Waals surface area contributed by atoms with Crippen LogP contribution in [0, 0.1) is 0 Å². The predicted molar refractivity (Wildman–Crippen MR) is 134 cm³/mol. The van der Waals surface area contributed by atoms with E-state index in [0.717, 1.165) is 31.8 Å². The molecule has 2 fully saturated rings. The highest BCUT2D eigenvalue weighted by molar-refractivity contribution is 5.73. The maximum atomic E-state index is 11.2. The van der Waals surface area contributed by atoms with Gasteiger partial charge in [-0.25, -0.2) is 9.48 Å². The number of piperidine rings is 1. The lowest BCUT2D eigenvalue weighted by molar-refractivity contribution is -0.297. The second kappa shape index (κ2) is 13.3. The van der Waals surface area contributed by atoms with E-state index in [1.807, 2.05) is 12.1 Å².